The highest BCUT2D eigenvalue weighted by Crippen LogP contribution is 2.17. The van der Waals surface area contributed by atoms with E-state index in [0.29, 0.717) is 5.92 Å². The fourth-order valence-corrected chi connectivity index (χ4v) is 1.10. The summed E-state index contributed by atoms with van der Waals surface area (Å²) in [6, 6.07) is 7.73. The standard InChI is InChI=1S/C10H15NO/c1-7(2)8-4-3-5-9(6-8)10(11)12/h3-7,10,12H,11H2,1-2H3. The average Bonchev–Trinajstić information content (AvgIpc) is 2.04. The van der Waals surface area contributed by atoms with Gasteiger partial charge in [-0.1, -0.05) is 38.1 Å². The summed E-state index contributed by atoms with van der Waals surface area (Å²) in [4.78, 5) is 0. The number of benzene rings is 1. The summed E-state index contributed by atoms with van der Waals surface area (Å²) in [5.74, 6) is 0.476. The number of nitrogens with two attached hydrogens (primary N) is 1. The molecule has 0 heterocycles. The molecule has 0 aliphatic rings. The van der Waals surface area contributed by atoms with Gasteiger partial charge in [0.15, 0.2) is 0 Å². The quantitative estimate of drug-likeness (QED) is 0.656. The molecule has 0 saturated carbocycles. The largest absolute Gasteiger partial charge is 0.375 e. The van der Waals surface area contributed by atoms with Crippen molar-refractivity contribution in [3.05, 3.63) is 35.4 Å². The molecular weight excluding hydrogens is 150 g/mol. The second kappa shape index (κ2) is 3.70. The van der Waals surface area contributed by atoms with Gasteiger partial charge in [0.25, 0.3) is 0 Å². The molecule has 1 aromatic carbocycles. The molecule has 3 N–H and O–H groups in total. The van der Waals surface area contributed by atoms with Crippen molar-refractivity contribution in [2.75, 3.05) is 0 Å². The highest BCUT2D eigenvalue weighted by Gasteiger charge is 2.03. The average molecular weight is 165 g/mol. The maximum Gasteiger partial charge on any atom is 0.128 e. The molecule has 12 heavy (non-hydrogen) atoms. The van der Waals surface area contributed by atoms with Crippen molar-refractivity contribution in [1.82, 2.24) is 0 Å². The lowest BCUT2D eigenvalue weighted by molar-refractivity contribution is 0.186. The van der Waals surface area contributed by atoms with Crippen LogP contribution in [0, 0.1) is 0 Å². The van der Waals surface area contributed by atoms with Gasteiger partial charge in [-0.05, 0) is 17.0 Å². The molecule has 1 aromatic rings. The van der Waals surface area contributed by atoms with Gasteiger partial charge in [0.1, 0.15) is 6.23 Å². The van der Waals surface area contributed by atoms with E-state index < -0.39 is 6.23 Å². The molecule has 0 radical (unpaired) electrons. The van der Waals surface area contributed by atoms with Gasteiger partial charge in [0, 0.05) is 0 Å². The van der Waals surface area contributed by atoms with Gasteiger partial charge in [-0.3, -0.25) is 0 Å². The van der Waals surface area contributed by atoms with Crippen molar-refractivity contribution < 1.29 is 5.11 Å². The molecule has 0 saturated heterocycles. The molecule has 1 unspecified atom stereocenters. The molecular formula is C10H15NO. The van der Waals surface area contributed by atoms with E-state index in [4.69, 9.17) is 10.8 Å². The third-order valence-electron chi connectivity index (χ3n) is 1.92. The number of aliphatic hydroxyl groups excluding tert-OH is 1. The van der Waals surface area contributed by atoms with Crippen LogP contribution in [-0.2, 0) is 0 Å². The minimum absolute atomic E-state index is 0.476. The molecule has 0 aromatic heterocycles. The van der Waals surface area contributed by atoms with Crippen LogP contribution in [0.1, 0.15) is 37.1 Å². The van der Waals surface area contributed by atoms with E-state index in [2.05, 4.69) is 13.8 Å². The van der Waals surface area contributed by atoms with Crippen LogP contribution in [0.25, 0.3) is 0 Å². The smallest absolute Gasteiger partial charge is 0.128 e. The monoisotopic (exact) mass is 165 g/mol. The molecule has 0 spiro atoms. The van der Waals surface area contributed by atoms with E-state index >= 15 is 0 Å². The summed E-state index contributed by atoms with van der Waals surface area (Å²) < 4.78 is 0. The molecule has 0 bridgehead atoms. The Labute approximate surface area is 73.0 Å². The summed E-state index contributed by atoms with van der Waals surface area (Å²) >= 11 is 0. The van der Waals surface area contributed by atoms with Crippen LogP contribution >= 0.6 is 0 Å². The van der Waals surface area contributed by atoms with Gasteiger partial charge in [-0.25, -0.2) is 0 Å². The van der Waals surface area contributed by atoms with Gasteiger partial charge < -0.3 is 10.8 Å². The Morgan fingerprint density at radius 1 is 1.25 bits per heavy atom. The Kier molecular flexibility index (Phi) is 2.84. The molecule has 2 heteroatoms. The Hall–Kier alpha value is -0.860. The van der Waals surface area contributed by atoms with Crippen molar-refractivity contribution in [1.29, 1.82) is 0 Å². The topological polar surface area (TPSA) is 46.2 Å². The fraction of sp³-hybridized carbons (Fsp3) is 0.400. The van der Waals surface area contributed by atoms with E-state index in [1.165, 1.54) is 5.56 Å². The third kappa shape index (κ3) is 2.06. The minimum Gasteiger partial charge on any atom is -0.375 e. The first-order valence-electron chi connectivity index (χ1n) is 4.14. The van der Waals surface area contributed by atoms with Crippen molar-refractivity contribution in [2.45, 2.75) is 26.0 Å². The molecule has 2 nitrogen and oxygen atoms in total. The van der Waals surface area contributed by atoms with E-state index in [-0.39, 0.29) is 0 Å². The van der Waals surface area contributed by atoms with Gasteiger partial charge in [-0.2, -0.15) is 0 Å². The van der Waals surface area contributed by atoms with Gasteiger partial charge in [0.05, 0.1) is 0 Å². The zero-order valence-electron chi connectivity index (χ0n) is 7.49. The van der Waals surface area contributed by atoms with E-state index in [9.17, 15) is 0 Å². The third-order valence-corrected chi connectivity index (χ3v) is 1.92. The summed E-state index contributed by atoms with van der Waals surface area (Å²) in [6.45, 7) is 4.23. The molecule has 1 rings (SSSR count). The number of rotatable bonds is 2. The highest BCUT2D eigenvalue weighted by atomic mass is 16.3. The summed E-state index contributed by atoms with van der Waals surface area (Å²) in [5.41, 5.74) is 7.32. The first-order valence-corrected chi connectivity index (χ1v) is 4.14. The Morgan fingerprint density at radius 3 is 2.33 bits per heavy atom. The fourth-order valence-electron chi connectivity index (χ4n) is 1.10. The normalized spacial score (nSPS) is 13.4. The van der Waals surface area contributed by atoms with Crippen LogP contribution in [-0.4, -0.2) is 5.11 Å². The molecule has 0 amide bonds. The molecule has 0 fully saturated rings. The summed E-state index contributed by atoms with van der Waals surface area (Å²) in [5, 5.41) is 9.11. The minimum atomic E-state index is -0.858. The van der Waals surface area contributed by atoms with Crippen LogP contribution in [0.3, 0.4) is 0 Å². The molecule has 66 valence electrons. The van der Waals surface area contributed by atoms with E-state index in [1.54, 1.807) is 0 Å². The van der Waals surface area contributed by atoms with Crippen LogP contribution < -0.4 is 5.73 Å². The number of hydrogen-bond acceptors (Lipinski definition) is 2. The molecule has 0 aliphatic heterocycles. The zero-order valence-corrected chi connectivity index (χ0v) is 7.49. The van der Waals surface area contributed by atoms with E-state index in [0.717, 1.165) is 5.56 Å². The lowest BCUT2D eigenvalue weighted by atomic mass is 10.0. The molecule has 1 atom stereocenters. The van der Waals surface area contributed by atoms with Crippen molar-refractivity contribution >= 4 is 0 Å². The van der Waals surface area contributed by atoms with Crippen molar-refractivity contribution in [2.24, 2.45) is 5.73 Å². The van der Waals surface area contributed by atoms with Crippen LogP contribution in [0.15, 0.2) is 24.3 Å². The predicted molar refractivity (Wildman–Crippen MR) is 49.7 cm³/mol. The highest BCUT2D eigenvalue weighted by molar-refractivity contribution is 5.26. The maximum atomic E-state index is 9.11. The molecule has 0 aliphatic carbocycles. The SMILES string of the molecule is CC(C)c1cccc(C(N)O)c1. The van der Waals surface area contributed by atoms with E-state index in [1.807, 2.05) is 24.3 Å². The number of hydrogen-bond donors (Lipinski definition) is 2. The van der Waals surface area contributed by atoms with Crippen LogP contribution in [0.2, 0.25) is 0 Å². The second-order valence-corrected chi connectivity index (χ2v) is 3.27. The van der Waals surface area contributed by atoms with Crippen molar-refractivity contribution in [3.8, 4) is 0 Å². The Balaban J connectivity index is 2.96. The predicted octanol–water partition coefficient (Wildman–Crippen LogP) is 1.76. The van der Waals surface area contributed by atoms with Gasteiger partial charge in [-0.15, -0.1) is 0 Å². The maximum absolute atomic E-state index is 9.11. The zero-order chi connectivity index (χ0) is 9.14. The lowest BCUT2D eigenvalue weighted by Gasteiger charge is -2.09. The Morgan fingerprint density at radius 2 is 1.83 bits per heavy atom. The Bertz CT molecular complexity index is 233. The van der Waals surface area contributed by atoms with Gasteiger partial charge >= 0.3 is 0 Å². The van der Waals surface area contributed by atoms with Crippen LogP contribution in [0.4, 0.5) is 0 Å². The van der Waals surface area contributed by atoms with Gasteiger partial charge in [0.2, 0.25) is 0 Å². The first-order chi connectivity index (χ1) is 5.61. The summed E-state index contributed by atoms with van der Waals surface area (Å²) in [7, 11) is 0. The van der Waals surface area contributed by atoms with Crippen molar-refractivity contribution in [3.63, 3.8) is 0 Å². The second-order valence-electron chi connectivity index (χ2n) is 3.27. The lowest BCUT2D eigenvalue weighted by Crippen LogP contribution is -2.08. The summed E-state index contributed by atoms with van der Waals surface area (Å²) in [6.07, 6.45) is -0.858. The number of aliphatic hydroxyl groups is 1. The van der Waals surface area contributed by atoms with Crippen LogP contribution in [0.5, 0.6) is 0 Å². The first kappa shape index (κ1) is 9.23.